The number of rotatable bonds is 8. The van der Waals surface area contributed by atoms with Crippen LogP contribution in [0.3, 0.4) is 0 Å². The van der Waals surface area contributed by atoms with Crippen molar-refractivity contribution in [2.75, 3.05) is 26.4 Å². The highest BCUT2D eigenvalue weighted by Gasteiger charge is 2.06. The summed E-state index contributed by atoms with van der Waals surface area (Å²) in [5, 5.41) is 0. The van der Waals surface area contributed by atoms with Crippen molar-refractivity contribution in [2.24, 2.45) is 5.92 Å². The number of carbonyl (C=O) groups excluding carboxylic acids is 1. The zero-order chi connectivity index (χ0) is 14.1. The van der Waals surface area contributed by atoms with Crippen molar-refractivity contribution in [3.63, 3.8) is 0 Å². The molecule has 0 bridgehead atoms. The second-order valence-corrected chi connectivity index (χ2v) is 4.42. The van der Waals surface area contributed by atoms with Gasteiger partial charge in [0.05, 0.1) is 18.8 Å². The molecule has 0 unspecified atom stereocenters. The number of ether oxygens (including phenoxy) is 3. The van der Waals surface area contributed by atoms with E-state index in [0.29, 0.717) is 37.2 Å². The molecule has 5 heteroatoms. The van der Waals surface area contributed by atoms with Crippen LogP contribution < -0.4 is 4.74 Å². The first-order valence-electron chi connectivity index (χ1n) is 6.47. The average molecular weight is 267 g/mol. The van der Waals surface area contributed by atoms with Crippen LogP contribution in [0.4, 0.5) is 0 Å². The summed E-state index contributed by atoms with van der Waals surface area (Å²) in [7, 11) is 0. The van der Waals surface area contributed by atoms with Crippen LogP contribution in [0.5, 0.6) is 5.88 Å². The first-order valence-corrected chi connectivity index (χ1v) is 6.47. The van der Waals surface area contributed by atoms with Crippen molar-refractivity contribution in [2.45, 2.75) is 20.8 Å². The molecule has 0 aliphatic heterocycles. The molecule has 106 valence electrons. The van der Waals surface area contributed by atoms with E-state index in [9.17, 15) is 4.79 Å². The Kier molecular flexibility index (Phi) is 6.89. The van der Waals surface area contributed by atoms with Crippen molar-refractivity contribution < 1.29 is 19.0 Å². The van der Waals surface area contributed by atoms with Crippen molar-refractivity contribution in [1.29, 1.82) is 0 Å². The molecule has 0 aliphatic carbocycles. The number of esters is 1. The highest BCUT2D eigenvalue weighted by Crippen LogP contribution is 2.08. The Bertz CT molecular complexity index is 376. The summed E-state index contributed by atoms with van der Waals surface area (Å²) in [6.07, 6.45) is 1.45. The van der Waals surface area contributed by atoms with E-state index in [-0.39, 0.29) is 5.97 Å². The quantitative estimate of drug-likeness (QED) is 0.534. The molecule has 0 N–H and O–H groups in total. The van der Waals surface area contributed by atoms with Gasteiger partial charge >= 0.3 is 5.97 Å². The van der Waals surface area contributed by atoms with Crippen molar-refractivity contribution in [3.05, 3.63) is 23.9 Å². The third kappa shape index (κ3) is 6.20. The molecule has 1 heterocycles. The van der Waals surface area contributed by atoms with Crippen LogP contribution in [0.25, 0.3) is 0 Å². The second-order valence-electron chi connectivity index (χ2n) is 4.42. The van der Waals surface area contributed by atoms with E-state index in [0.717, 1.165) is 6.61 Å². The van der Waals surface area contributed by atoms with Gasteiger partial charge in [-0.25, -0.2) is 9.78 Å². The molecule has 0 spiro atoms. The molecule has 5 nitrogen and oxygen atoms in total. The topological polar surface area (TPSA) is 57.7 Å². The Balaban J connectivity index is 2.30. The number of hydrogen-bond donors (Lipinski definition) is 0. The molecule has 1 aromatic heterocycles. The van der Waals surface area contributed by atoms with Crippen LogP contribution in [0.1, 0.15) is 31.1 Å². The van der Waals surface area contributed by atoms with Gasteiger partial charge in [0.25, 0.3) is 0 Å². The Morgan fingerprint density at radius 1 is 1.32 bits per heavy atom. The lowest BCUT2D eigenvalue weighted by molar-refractivity contribution is 0.0525. The summed E-state index contributed by atoms with van der Waals surface area (Å²) in [6, 6.07) is 3.28. The van der Waals surface area contributed by atoms with Gasteiger partial charge in [-0.3, -0.25) is 0 Å². The maximum absolute atomic E-state index is 11.4. The van der Waals surface area contributed by atoms with Crippen LogP contribution in [0, 0.1) is 5.92 Å². The Hall–Kier alpha value is -1.62. The molecule has 0 radical (unpaired) electrons. The molecule has 0 saturated carbocycles. The van der Waals surface area contributed by atoms with E-state index in [1.165, 1.54) is 6.20 Å². The molecule has 0 aliphatic rings. The fourth-order valence-electron chi connectivity index (χ4n) is 1.33. The number of pyridine rings is 1. The standard InChI is InChI=1S/C14H21NO4/c1-4-18-14(16)12-5-6-13(15-9-12)19-8-7-17-10-11(2)3/h5-6,9,11H,4,7-8,10H2,1-3H3. The number of hydrogen-bond acceptors (Lipinski definition) is 5. The van der Waals surface area contributed by atoms with E-state index in [1.54, 1.807) is 19.1 Å². The largest absolute Gasteiger partial charge is 0.475 e. The molecule has 0 saturated heterocycles. The molecule has 1 aromatic rings. The molecular weight excluding hydrogens is 246 g/mol. The number of carbonyl (C=O) groups is 1. The van der Waals surface area contributed by atoms with Gasteiger partial charge in [-0.1, -0.05) is 13.8 Å². The summed E-state index contributed by atoms with van der Waals surface area (Å²) >= 11 is 0. The first-order chi connectivity index (χ1) is 9.13. The second kappa shape index (κ2) is 8.48. The van der Waals surface area contributed by atoms with Crippen LogP contribution >= 0.6 is 0 Å². The lowest BCUT2D eigenvalue weighted by atomic mass is 10.2. The van der Waals surface area contributed by atoms with E-state index in [2.05, 4.69) is 18.8 Å². The van der Waals surface area contributed by atoms with Crippen molar-refractivity contribution >= 4 is 5.97 Å². The third-order valence-corrected chi connectivity index (χ3v) is 2.18. The number of aromatic nitrogens is 1. The highest BCUT2D eigenvalue weighted by atomic mass is 16.5. The fraction of sp³-hybridized carbons (Fsp3) is 0.571. The fourth-order valence-corrected chi connectivity index (χ4v) is 1.33. The minimum absolute atomic E-state index is 0.351. The summed E-state index contributed by atoms with van der Waals surface area (Å²) < 4.78 is 15.6. The molecule has 1 rings (SSSR count). The molecular formula is C14H21NO4. The molecule has 0 atom stereocenters. The smallest absolute Gasteiger partial charge is 0.339 e. The van der Waals surface area contributed by atoms with Gasteiger partial charge < -0.3 is 14.2 Å². The van der Waals surface area contributed by atoms with Gasteiger partial charge in [0.1, 0.15) is 6.61 Å². The van der Waals surface area contributed by atoms with Crippen LogP contribution in [0.15, 0.2) is 18.3 Å². The molecule has 0 amide bonds. The molecule has 0 aromatic carbocycles. The Morgan fingerprint density at radius 2 is 2.11 bits per heavy atom. The van der Waals surface area contributed by atoms with Gasteiger partial charge in [-0.15, -0.1) is 0 Å². The van der Waals surface area contributed by atoms with Crippen LogP contribution in [-0.4, -0.2) is 37.4 Å². The van der Waals surface area contributed by atoms with E-state index in [4.69, 9.17) is 14.2 Å². The summed E-state index contributed by atoms with van der Waals surface area (Å²) in [4.78, 5) is 15.4. The Labute approximate surface area is 113 Å². The minimum atomic E-state index is -0.373. The molecule has 0 fully saturated rings. The SMILES string of the molecule is CCOC(=O)c1ccc(OCCOCC(C)C)nc1. The zero-order valence-corrected chi connectivity index (χ0v) is 11.7. The van der Waals surface area contributed by atoms with E-state index < -0.39 is 0 Å². The average Bonchev–Trinajstić information content (AvgIpc) is 2.39. The van der Waals surface area contributed by atoms with Crippen LogP contribution in [0.2, 0.25) is 0 Å². The number of nitrogens with zero attached hydrogens (tertiary/aromatic N) is 1. The monoisotopic (exact) mass is 267 g/mol. The predicted molar refractivity (Wildman–Crippen MR) is 71.3 cm³/mol. The lowest BCUT2D eigenvalue weighted by Crippen LogP contribution is -2.11. The zero-order valence-electron chi connectivity index (χ0n) is 11.7. The van der Waals surface area contributed by atoms with Gasteiger partial charge in [0.2, 0.25) is 5.88 Å². The predicted octanol–water partition coefficient (Wildman–Crippen LogP) is 2.31. The normalized spacial score (nSPS) is 10.5. The van der Waals surface area contributed by atoms with Crippen LogP contribution in [-0.2, 0) is 9.47 Å². The molecule has 19 heavy (non-hydrogen) atoms. The highest BCUT2D eigenvalue weighted by molar-refractivity contribution is 5.89. The van der Waals surface area contributed by atoms with E-state index in [1.807, 2.05) is 0 Å². The van der Waals surface area contributed by atoms with Gasteiger partial charge in [-0.05, 0) is 18.9 Å². The van der Waals surface area contributed by atoms with Crippen molar-refractivity contribution in [1.82, 2.24) is 4.98 Å². The van der Waals surface area contributed by atoms with E-state index >= 15 is 0 Å². The first kappa shape index (κ1) is 15.4. The summed E-state index contributed by atoms with van der Waals surface area (Å²) in [5.41, 5.74) is 0.422. The minimum Gasteiger partial charge on any atom is -0.475 e. The maximum atomic E-state index is 11.4. The Morgan fingerprint density at radius 3 is 2.68 bits per heavy atom. The van der Waals surface area contributed by atoms with Crippen molar-refractivity contribution in [3.8, 4) is 5.88 Å². The summed E-state index contributed by atoms with van der Waals surface area (Å²) in [5.74, 6) is 0.616. The van der Waals surface area contributed by atoms with Gasteiger partial charge in [-0.2, -0.15) is 0 Å². The third-order valence-electron chi connectivity index (χ3n) is 2.18. The van der Waals surface area contributed by atoms with Gasteiger partial charge in [0.15, 0.2) is 0 Å². The maximum Gasteiger partial charge on any atom is 0.339 e. The summed E-state index contributed by atoms with van der Waals surface area (Å²) in [6.45, 7) is 7.99. The lowest BCUT2D eigenvalue weighted by Gasteiger charge is -2.08. The van der Waals surface area contributed by atoms with Gasteiger partial charge in [0, 0.05) is 18.9 Å².